The molecule has 0 spiro atoms. The quantitative estimate of drug-likeness (QED) is 0.879. The molecular formula is C15H22ClFN2. The van der Waals surface area contributed by atoms with Gasteiger partial charge in [-0.2, -0.15) is 0 Å². The molecule has 1 aromatic rings. The van der Waals surface area contributed by atoms with Crippen molar-refractivity contribution in [1.82, 2.24) is 0 Å². The fraction of sp³-hybridized carbons (Fsp3) is 0.600. The zero-order valence-electron chi connectivity index (χ0n) is 11.8. The molecule has 2 rings (SSSR count). The van der Waals surface area contributed by atoms with Crippen LogP contribution >= 0.6 is 11.6 Å². The molecule has 2 unspecified atom stereocenters. The minimum Gasteiger partial charge on any atom is -0.377 e. The standard InChI is InChI=1S/C15H22ClFN2/c1-10-7-14(2,3)8-15(10,9-18)19-13-6-11(17)4-5-12(13)16/h4-6,10,19H,7-9,18H2,1-3H3. The van der Waals surface area contributed by atoms with Gasteiger partial charge in [-0.05, 0) is 42.4 Å². The number of halogens is 2. The molecule has 2 atom stereocenters. The van der Waals surface area contributed by atoms with Crippen molar-refractivity contribution in [3.63, 3.8) is 0 Å². The highest BCUT2D eigenvalue weighted by Gasteiger charge is 2.47. The Bertz CT molecular complexity index is 475. The minimum atomic E-state index is -0.288. The van der Waals surface area contributed by atoms with Gasteiger partial charge < -0.3 is 11.1 Å². The van der Waals surface area contributed by atoms with Gasteiger partial charge in [0.25, 0.3) is 0 Å². The number of rotatable bonds is 3. The van der Waals surface area contributed by atoms with E-state index in [0.717, 1.165) is 12.8 Å². The molecule has 0 radical (unpaired) electrons. The lowest BCUT2D eigenvalue weighted by atomic mass is 9.86. The summed E-state index contributed by atoms with van der Waals surface area (Å²) in [5.74, 6) is 0.135. The van der Waals surface area contributed by atoms with E-state index in [0.29, 0.717) is 23.2 Å². The summed E-state index contributed by atoms with van der Waals surface area (Å²) in [5.41, 5.74) is 6.69. The van der Waals surface area contributed by atoms with Crippen LogP contribution in [-0.4, -0.2) is 12.1 Å². The Balaban J connectivity index is 2.31. The van der Waals surface area contributed by atoms with Gasteiger partial charge in [-0.3, -0.25) is 0 Å². The Morgan fingerprint density at radius 3 is 2.68 bits per heavy atom. The fourth-order valence-corrected chi connectivity index (χ4v) is 3.64. The third-order valence-corrected chi connectivity index (χ3v) is 4.60. The summed E-state index contributed by atoms with van der Waals surface area (Å²) in [6.45, 7) is 7.21. The summed E-state index contributed by atoms with van der Waals surface area (Å²) in [7, 11) is 0. The molecule has 4 heteroatoms. The predicted molar refractivity (Wildman–Crippen MR) is 79.0 cm³/mol. The van der Waals surface area contributed by atoms with E-state index in [1.165, 1.54) is 12.1 Å². The molecule has 0 amide bonds. The van der Waals surface area contributed by atoms with Gasteiger partial charge in [0.15, 0.2) is 0 Å². The lowest BCUT2D eigenvalue weighted by Gasteiger charge is -2.36. The van der Waals surface area contributed by atoms with Crippen molar-refractivity contribution in [2.45, 2.75) is 39.2 Å². The second-order valence-corrected chi connectivity index (χ2v) is 6.96. The van der Waals surface area contributed by atoms with Crippen LogP contribution in [0.1, 0.15) is 33.6 Å². The third kappa shape index (κ3) is 2.87. The first-order valence-corrected chi connectivity index (χ1v) is 7.09. The Kier molecular flexibility index (Phi) is 3.80. The van der Waals surface area contributed by atoms with Crippen LogP contribution in [0.15, 0.2) is 18.2 Å². The lowest BCUT2D eigenvalue weighted by Crippen LogP contribution is -2.48. The second-order valence-electron chi connectivity index (χ2n) is 6.56. The van der Waals surface area contributed by atoms with Gasteiger partial charge in [0, 0.05) is 6.54 Å². The van der Waals surface area contributed by atoms with Crippen molar-refractivity contribution in [2.75, 3.05) is 11.9 Å². The van der Waals surface area contributed by atoms with E-state index >= 15 is 0 Å². The van der Waals surface area contributed by atoms with Crippen LogP contribution in [-0.2, 0) is 0 Å². The van der Waals surface area contributed by atoms with Crippen LogP contribution in [0, 0.1) is 17.2 Å². The highest BCUT2D eigenvalue weighted by molar-refractivity contribution is 6.33. The summed E-state index contributed by atoms with van der Waals surface area (Å²) >= 11 is 6.14. The Morgan fingerprint density at radius 1 is 1.47 bits per heavy atom. The monoisotopic (exact) mass is 284 g/mol. The molecule has 1 aliphatic rings. The summed E-state index contributed by atoms with van der Waals surface area (Å²) in [4.78, 5) is 0. The maximum Gasteiger partial charge on any atom is 0.125 e. The normalized spacial score (nSPS) is 29.5. The number of benzene rings is 1. The summed E-state index contributed by atoms with van der Waals surface area (Å²) < 4.78 is 13.4. The van der Waals surface area contributed by atoms with Crippen LogP contribution in [0.4, 0.5) is 10.1 Å². The molecule has 3 N–H and O–H groups in total. The number of nitrogens with one attached hydrogen (secondary N) is 1. The van der Waals surface area contributed by atoms with Crippen LogP contribution in [0.3, 0.4) is 0 Å². The van der Waals surface area contributed by atoms with Gasteiger partial charge in [0.05, 0.1) is 16.2 Å². The fourth-order valence-electron chi connectivity index (χ4n) is 3.48. The van der Waals surface area contributed by atoms with Crippen molar-refractivity contribution >= 4 is 17.3 Å². The van der Waals surface area contributed by atoms with E-state index in [2.05, 4.69) is 26.1 Å². The van der Waals surface area contributed by atoms with Crippen molar-refractivity contribution < 1.29 is 4.39 Å². The molecule has 0 bridgehead atoms. The van der Waals surface area contributed by atoms with Crippen LogP contribution in [0.5, 0.6) is 0 Å². The predicted octanol–water partition coefficient (Wildman–Crippen LogP) is 4.04. The van der Waals surface area contributed by atoms with Gasteiger partial charge >= 0.3 is 0 Å². The third-order valence-electron chi connectivity index (χ3n) is 4.27. The summed E-state index contributed by atoms with van der Waals surface area (Å²) in [6, 6.07) is 4.39. The van der Waals surface area contributed by atoms with Crippen LogP contribution < -0.4 is 11.1 Å². The zero-order chi connectivity index (χ0) is 14.3. The first-order valence-electron chi connectivity index (χ1n) is 6.71. The van der Waals surface area contributed by atoms with Crippen molar-refractivity contribution in [2.24, 2.45) is 17.1 Å². The number of anilines is 1. The van der Waals surface area contributed by atoms with Gasteiger partial charge in [-0.1, -0.05) is 32.4 Å². The maximum atomic E-state index is 13.4. The first-order chi connectivity index (χ1) is 8.78. The SMILES string of the molecule is CC1CC(C)(C)CC1(CN)Nc1cc(F)ccc1Cl. The molecule has 1 fully saturated rings. The van der Waals surface area contributed by atoms with E-state index in [1.54, 1.807) is 6.07 Å². The molecule has 0 saturated heterocycles. The maximum absolute atomic E-state index is 13.4. The van der Waals surface area contributed by atoms with Gasteiger partial charge in [0.1, 0.15) is 5.82 Å². The van der Waals surface area contributed by atoms with Gasteiger partial charge in [-0.15, -0.1) is 0 Å². The number of hydrogen-bond donors (Lipinski definition) is 2. The van der Waals surface area contributed by atoms with Crippen LogP contribution in [0.2, 0.25) is 5.02 Å². The Morgan fingerprint density at radius 2 is 2.16 bits per heavy atom. The Labute approximate surface area is 119 Å². The molecule has 19 heavy (non-hydrogen) atoms. The molecule has 0 aliphatic heterocycles. The van der Waals surface area contributed by atoms with E-state index in [-0.39, 0.29) is 16.8 Å². The molecule has 1 saturated carbocycles. The minimum absolute atomic E-state index is 0.207. The first kappa shape index (κ1) is 14.6. The highest BCUT2D eigenvalue weighted by Crippen LogP contribution is 2.48. The van der Waals surface area contributed by atoms with E-state index in [9.17, 15) is 4.39 Å². The molecular weight excluding hydrogens is 263 g/mol. The summed E-state index contributed by atoms with van der Waals surface area (Å²) in [5, 5.41) is 3.96. The molecule has 0 aromatic heterocycles. The second kappa shape index (κ2) is 4.95. The number of nitrogens with two attached hydrogens (primary N) is 1. The Hall–Kier alpha value is -0.800. The van der Waals surface area contributed by atoms with Gasteiger partial charge in [0.2, 0.25) is 0 Å². The van der Waals surface area contributed by atoms with E-state index in [1.807, 2.05) is 0 Å². The smallest absolute Gasteiger partial charge is 0.125 e. The van der Waals surface area contributed by atoms with Crippen molar-refractivity contribution in [3.05, 3.63) is 29.0 Å². The van der Waals surface area contributed by atoms with E-state index in [4.69, 9.17) is 17.3 Å². The largest absolute Gasteiger partial charge is 0.377 e. The zero-order valence-corrected chi connectivity index (χ0v) is 12.5. The molecule has 1 aliphatic carbocycles. The average Bonchev–Trinajstić information content (AvgIpc) is 2.54. The van der Waals surface area contributed by atoms with Crippen molar-refractivity contribution in [3.8, 4) is 0 Å². The summed E-state index contributed by atoms with van der Waals surface area (Å²) in [6.07, 6.45) is 2.06. The lowest BCUT2D eigenvalue weighted by molar-refractivity contribution is 0.350. The molecule has 1 aromatic carbocycles. The van der Waals surface area contributed by atoms with Crippen LogP contribution in [0.25, 0.3) is 0 Å². The highest BCUT2D eigenvalue weighted by atomic mass is 35.5. The molecule has 106 valence electrons. The topological polar surface area (TPSA) is 38.0 Å². The molecule has 2 nitrogen and oxygen atoms in total. The average molecular weight is 285 g/mol. The van der Waals surface area contributed by atoms with Crippen molar-refractivity contribution in [1.29, 1.82) is 0 Å². The van der Waals surface area contributed by atoms with Gasteiger partial charge in [-0.25, -0.2) is 4.39 Å². The van der Waals surface area contributed by atoms with E-state index < -0.39 is 0 Å². The number of hydrogen-bond acceptors (Lipinski definition) is 2. The molecule has 0 heterocycles.